The second kappa shape index (κ2) is 28.7. The number of ether oxygens (including phenoxy) is 2. The molecule has 42 heavy (non-hydrogen) atoms. The first-order valence-electron chi connectivity index (χ1n) is 16.3. The Balaban J connectivity index is 4.37. The Morgan fingerprint density at radius 1 is 0.690 bits per heavy atom. The molecule has 0 spiro atoms. The molecule has 0 fully saturated rings. The Morgan fingerprint density at radius 2 is 1.21 bits per heavy atom. The van der Waals surface area contributed by atoms with Crippen molar-refractivity contribution in [3.05, 3.63) is 6.42 Å². The average Bonchev–Trinajstić information content (AvgIpc) is 2.97. The van der Waals surface area contributed by atoms with Crippen LogP contribution in [0.3, 0.4) is 0 Å². The zero-order valence-electron chi connectivity index (χ0n) is 26.3. The van der Waals surface area contributed by atoms with E-state index in [1.54, 1.807) is 0 Å². The largest absolute Gasteiger partial charge is 0.472 e. The fourth-order valence-corrected chi connectivity index (χ4v) is 5.05. The summed E-state index contributed by atoms with van der Waals surface area (Å²) in [5.74, 6) is -0.967. The van der Waals surface area contributed by atoms with Gasteiger partial charge in [-0.3, -0.25) is 18.6 Å². The standard InChI is InChI=1S/C31H60O10P/c1-3-5-7-9-11-12-13-14-15-16-17-19-21-23-31(35)41-29(27-40-42(36,37)39-25-28(33)24-32)26-38-30(34)22-20-18-10-8-6-4-2/h19,28-29,32-33H,3-18,20-27H2,1-2H3,(H,36,37)/q-1/t28-,29+/m0/s1. The van der Waals surface area contributed by atoms with Gasteiger partial charge in [0.2, 0.25) is 0 Å². The number of rotatable bonds is 31. The molecule has 0 saturated carbocycles. The first kappa shape index (κ1) is 41.0. The van der Waals surface area contributed by atoms with Gasteiger partial charge in [0, 0.05) is 12.8 Å². The fraction of sp³-hybridized carbons (Fsp3) is 0.903. The summed E-state index contributed by atoms with van der Waals surface area (Å²) in [4.78, 5) is 34.4. The van der Waals surface area contributed by atoms with Crippen molar-refractivity contribution >= 4 is 19.8 Å². The van der Waals surface area contributed by atoms with Crippen LogP contribution in [0.5, 0.6) is 0 Å². The molecular weight excluding hydrogens is 563 g/mol. The predicted octanol–water partition coefficient (Wildman–Crippen LogP) is 6.97. The highest BCUT2D eigenvalue weighted by Gasteiger charge is 2.27. The van der Waals surface area contributed by atoms with Crippen LogP contribution in [0, 0.1) is 6.42 Å². The predicted molar refractivity (Wildman–Crippen MR) is 164 cm³/mol. The van der Waals surface area contributed by atoms with Crippen LogP contribution < -0.4 is 0 Å². The number of unbranched alkanes of at least 4 members (excludes halogenated alkanes) is 17. The van der Waals surface area contributed by atoms with Crippen LogP contribution in [0.1, 0.15) is 142 Å². The maximum absolute atomic E-state index is 12.4. The van der Waals surface area contributed by atoms with E-state index >= 15 is 0 Å². The second-order valence-electron chi connectivity index (χ2n) is 11.0. The van der Waals surface area contributed by atoms with E-state index in [0.717, 1.165) is 38.5 Å². The minimum atomic E-state index is -4.60. The van der Waals surface area contributed by atoms with Gasteiger partial charge in [0.25, 0.3) is 0 Å². The average molecular weight is 624 g/mol. The number of phosphoric ester groups is 1. The molecule has 1 unspecified atom stereocenters. The van der Waals surface area contributed by atoms with Crippen molar-refractivity contribution in [2.24, 2.45) is 0 Å². The number of carbonyl (C=O) groups is 2. The molecule has 0 amide bonds. The Bertz CT molecular complexity index is 691. The first-order chi connectivity index (χ1) is 20.2. The van der Waals surface area contributed by atoms with E-state index in [1.165, 1.54) is 64.2 Å². The van der Waals surface area contributed by atoms with Gasteiger partial charge in [0.05, 0.1) is 19.8 Å². The molecule has 0 heterocycles. The van der Waals surface area contributed by atoms with Crippen molar-refractivity contribution in [3.63, 3.8) is 0 Å². The highest BCUT2D eigenvalue weighted by molar-refractivity contribution is 7.47. The van der Waals surface area contributed by atoms with Gasteiger partial charge in [-0.05, 0) is 6.42 Å². The molecular formula is C31H60O10P-. The van der Waals surface area contributed by atoms with Crippen LogP contribution in [-0.4, -0.2) is 65.7 Å². The van der Waals surface area contributed by atoms with Gasteiger partial charge in [-0.2, -0.15) is 12.8 Å². The fourth-order valence-electron chi connectivity index (χ4n) is 4.26. The number of esters is 2. The maximum atomic E-state index is 12.4. The van der Waals surface area contributed by atoms with E-state index in [1.807, 2.05) is 0 Å². The van der Waals surface area contributed by atoms with E-state index in [4.69, 9.17) is 19.1 Å². The third-order valence-electron chi connectivity index (χ3n) is 6.84. The van der Waals surface area contributed by atoms with Crippen molar-refractivity contribution in [3.8, 4) is 0 Å². The molecule has 0 bridgehead atoms. The van der Waals surface area contributed by atoms with Crippen LogP contribution in [0.15, 0.2) is 0 Å². The molecule has 250 valence electrons. The van der Waals surface area contributed by atoms with E-state index in [2.05, 4.69) is 24.8 Å². The summed E-state index contributed by atoms with van der Waals surface area (Å²) < 4.78 is 32.2. The molecule has 0 aromatic heterocycles. The molecule has 0 rings (SSSR count). The van der Waals surface area contributed by atoms with Gasteiger partial charge >= 0.3 is 19.8 Å². The Labute approximate surface area is 254 Å². The van der Waals surface area contributed by atoms with Crippen molar-refractivity contribution in [2.75, 3.05) is 26.4 Å². The molecule has 0 aliphatic carbocycles. The Kier molecular flexibility index (Phi) is 28.0. The normalized spacial score (nSPS) is 14.3. The van der Waals surface area contributed by atoms with Crippen molar-refractivity contribution in [1.29, 1.82) is 0 Å². The lowest BCUT2D eigenvalue weighted by Crippen LogP contribution is -2.29. The zero-order valence-corrected chi connectivity index (χ0v) is 27.2. The number of phosphoric acid groups is 1. The van der Waals surface area contributed by atoms with E-state index in [-0.39, 0.29) is 19.4 Å². The lowest BCUT2D eigenvalue weighted by atomic mass is 10.0. The Hall–Kier alpha value is -1.03. The molecule has 0 aromatic rings. The maximum Gasteiger partial charge on any atom is 0.472 e. The lowest BCUT2D eigenvalue weighted by molar-refractivity contribution is -0.161. The van der Waals surface area contributed by atoms with Gasteiger partial charge in [-0.1, -0.05) is 110 Å². The van der Waals surface area contributed by atoms with Crippen molar-refractivity contribution in [1.82, 2.24) is 0 Å². The summed E-state index contributed by atoms with van der Waals surface area (Å²) >= 11 is 0. The van der Waals surface area contributed by atoms with E-state index in [9.17, 15) is 24.2 Å². The van der Waals surface area contributed by atoms with Crippen molar-refractivity contribution < 1.29 is 47.8 Å². The Morgan fingerprint density at radius 3 is 1.79 bits per heavy atom. The third kappa shape index (κ3) is 27.8. The van der Waals surface area contributed by atoms with Gasteiger partial charge in [-0.15, -0.1) is 0 Å². The summed E-state index contributed by atoms with van der Waals surface area (Å²) in [5.41, 5.74) is 0. The monoisotopic (exact) mass is 623 g/mol. The lowest BCUT2D eigenvalue weighted by Gasteiger charge is -2.21. The molecule has 0 radical (unpaired) electrons. The molecule has 0 aliphatic heterocycles. The first-order valence-corrected chi connectivity index (χ1v) is 17.8. The third-order valence-corrected chi connectivity index (χ3v) is 7.79. The van der Waals surface area contributed by atoms with Crippen LogP contribution in [-0.2, 0) is 32.7 Å². The molecule has 0 aliphatic rings. The molecule has 0 saturated heterocycles. The van der Waals surface area contributed by atoms with Gasteiger partial charge in [-0.25, -0.2) is 4.57 Å². The quantitative estimate of drug-likeness (QED) is 0.0320. The number of carbonyl (C=O) groups excluding carboxylic acids is 2. The van der Waals surface area contributed by atoms with E-state index < -0.39 is 51.8 Å². The van der Waals surface area contributed by atoms with Gasteiger partial charge in [0.1, 0.15) is 12.7 Å². The highest BCUT2D eigenvalue weighted by atomic mass is 31.2. The van der Waals surface area contributed by atoms with Gasteiger partial charge in [0.15, 0.2) is 6.10 Å². The molecule has 10 nitrogen and oxygen atoms in total. The summed E-state index contributed by atoms with van der Waals surface area (Å²) in [7, 11) is -4.60. The van der Waals surface area contributed by atoms with Gasteiger partial charge < -0.3 is 31.0 Å². The number of hydrogen-bond acceptors (Lipinski definition) is 9. The topological polar surface area (TPSA) is 149 Å². The van der Waals surface area contributed by atoms with E-state index in [0.29, 0.717) is 12.8 Å². The molecule has 3 atom stereocenters. The SMILES string of the molecule is CCCCCCCCCCCC[CH-]CCC(=O)O[C@H](COC(=O)CCCCCCCC)COP(=O)(O)OC[C@@H](O)CO. The minimum absolute atomic E-state index is 0.135. The molecule has 0 aromatic carbocycles. The smallest absolute Gasteiger partial charge is 0.462 e. The number of aliphatic hydroxyl groups is 2. The van der Waals surface area contributed by atoms with Crippen LogP contribution >= 0.6 is 7.82 Å². The highest BCUT2D eigenvalue weighted by Crippen LogP contribution is 2.43. The van der Waals surface area contributed by atoms with Crippen molar-refractivity contribution in [2.45, 2.75) is 154 Å². The number of hydrogen-bond donors (Lipinski definition) is 3. The molecule has 11 heteroatoms. The zero-order chi connectivity index (χ0) is 31.3. The summed E-state index contributed by atoms with van der Waals surface area (Å²) in [6.45, 7) is 2.25. The summed E-state index contributed by atoms with van der Waals surface area (Å²) in [6, 6.07) is 0. The second-order valence-corrected chi connectivity index (χ2v) is 12.5. The minimum Gasteiger partial charge on any atom is -0.462 e. The van der Waals surface area contributed by atoms with Crippen LogP contribution in [0.25, 0.3) is 0 Å². The van der Waals surface area contributed by atoms with Crippen LogP contribution in [0.2, 0.25) is 0 Å². The summed E-state index contributed by atoms with van der Waals surface area (Å²) in [6.07, 6.45) is 20.3. The number of aliphatic hydroxyl groups excluding tert-OH is 2. The molecule has 3 N–H and O–H groups in total. The van der Waals surface area contributed by atoms with Crippen LogP contribution in [0.4, 0.5) is 0 Å². The summed E-state index contributed by atoms with van der Waals surface area (Å²) in [5, 5.41) is 18.1.